The first kappa shape index (κ1) is 26.5. The molecule has 3 rings (SSSR count). The van der Waals surface area contributed by atoms with Crippen LogP contribution in [0, 0.1) is 5.92 Å². The Labute approximate surface area is 210 Å². The Hall–Kier alpha value is -2.12. The number of nitrogens with zero attached hydrogens (tertiary/aromatic N) is 1. The number of carbonyl (C=O) groups excluding carboxylic acids is 1. The first-order valence-electron chi connectivity index (χ1n) is 11.5. The maximum atomic E-state index is 13.8. The average Bonchev–Trinajstić information content (AvgIpc) is 2.81. The molecule has 0 saturated carbocycles. The van der Waals surface area contributed by atoms with Gasteiger partial charge in [0.25, 0.3) is 0 Å². The highest BCUT2D eigenvalue weighted by atomic mass is 35.5. The van der Waals surface area contributed by atoms with Crippen LogP contribution in [0.25, 0.3) is 0 Å². The van der Waals surface area contributed by atoms with Gasteiger partial charge >= 0.3 is 5.97 Å². The van der Waals surface area contributed by atoms with Gasteiger partial charge in [0.1, 0.15) is 0 Å². The molecule has 4 atom stereocenters. The second-order valence-corrected chi connectivity index (χ2v) is 9.44. The van der Waals surface area contributed by atoms with Crippen molar-refractivity contribution in [2.45, 2.75) is 44.2 Å². The van der Waals surface area contributed by atoms with Crippen molar-refractivity contribution in [1.82, 2.24) is 4.90 Å². The van der Waals surface area contributed by atoms with E-state index in [0.29, 0.717) is 42.7 Å². The summed E-state index contributed by atoms with van der Waals surface area (Å²) in [4.78, 5) is 27.3. The number of carboxylic acids is 1. The fraction of sp³-hybridized carbons (Fsp3) is 0.462. The Morgan fingerprint density at radius 1 is 1.12 bits per heavy atom. The van der Waals surface area contributed by atoms with Crippen LogP contribution in [0.15, 0.2) is 48.5 Å². The fourth-order valence-electron chi connectivity index (χ4n) is 4.73. The summed E-state index contributed by atoms with van der Waals surface area (Å²) in [6.07, 6.45) is 0.849. The lowest BCUT2D eigenvalue weighted by molar-refractivity contribution is -0.154. The summed E-state index contributed by atoms with van der Waals surface area (Å²) in [7, 11) is 1.61. The van der Waals surface area contributed by atoms with Gasteiger partial charge in [-0.3, -0.25) is 9.59 Å². The lowest BCUT2D eigenvalue weighted by Crippen LogP contribution is -2.53. The molecular formula is C26H31Cl2NO5. The van der Waals surface area contributed by atoms with Crippen molar-refractivity contribution in [2.75, 3.05) is 26.9 Å². The largest absolute Gasteiger partial charge is 0.481 e. The van der Waals surface area contributed by atoms with Crippen LogP contribution in [0.1, 0.15) is 49.3 Å². The lowest BCUT2D eigenvalue weighted by atomic mass is 9.74. The van der Waals surface area contributed by atoms with Gasteiger partial charge in [0.15, 0.2) is 0 Å². The Kier molecular flexibility index (Phi) is 9.77. The molecule has 2 unspecified atom stereocenters. The van der Waals surface area contributed by atoms with Gasteiger partial charge in [-0.15, -0.1) is 0 Å². The SMILES string of the molecule is CCC(COCCOC)N1C(=O)[C@@H](CC(=O)O)C[C@H](c2cccc(Cl)c2)C1c1ccc(Cl)cc1. The van der Waals surface area contributed by atoms with Crippen molar-refractivity contribution in [3.8, 4) is 0 Å². The maximum absolute atomic E-state index is 13.8. The molecule has 1 amide bonds. The van der Waals surface area contributed by atoms with Gasteiger partial charge in [0.05, 0.1) is 38.3 Å². The Morgan fingerprint density at radius 3 is 2.47 bits per heavy atom. The molecule has 1 saturated heterocycles. The van der Waals surface area contributed by atoms with E-state index in [4.69, 9.17) is 32.7 Å². The minimum Gasteiger partial charge on any atom is -0.481 e. The van der Waals surface area contributed by atoms with E-state index in [1.165, 1.54) is 0 Å². The van der Waals surface area contributed by atoms with Gasteiger partial charge in [-0.25, -0.2) is 0 Å². The van der Waals surface area contributed by atoms with Crippen molar-refractivity contribution >= 4 is 35.1 Å². The zero-order valence-electron chi connectivity index (χ0n) is 19.5. The zero-order chi connectivity index (χ0) is 24.7. The second-order valence-electron chi connectivity index (χ2n) is 8.56. The molecule has 34 heavy (non-hydrogen) atoms. The summed E-state index contributed by atoms with van der Waals surface area (Å²) >= 11 is 12.5. The van der Waals surface area contributed by atoms with Gasteiger partial charge in [-0.1, -0.05) is 54.4 Å². The number of halogens is 2. The number of amides is 1. The summed E-state index contributed by atoms with van der Waals surface area (Å²) in [5.74, 6) is -1.94. The Balaban J connectivity index is 2.09. The predicted octanol–water partition coefficient (Wildman–Crippen LogP) is 5.58. The summed E-state index contributed by atoms with van der Waals surface area (Å²) in [5, 5.41) is 10.7. The molecule has 1 fully saturated rings. The third-order valence-electron chi connectivity index (χ3n) is 6.34. The van der Waals surface area contributed by atoms with Gasteiger partial charge in [-0.2, -0.15) is 0 Å². The maximum Gasteiger partial charge on any atom is 0.304 e. The van der Waals surface area contributed by atoms with Crippen LogP contribution >= 0.6 is 23.2 Å². The minimum absolute atomic E-state index is 0.144. The van der Waals surface area contributed by atoms with Crippen molar-refractivity contribution < 1.29 is 24.2 Å². The van der Waals surface area contributed by atoms with E-state index >= 15 is 0 Å². The number of hydrogen-bond acceptors (Lipinski definition) is 4. The van der Waals surface area contributed by atoms with E-state index < -0.39 is 11.9 Å². The molecule has 6 nitrogen and oxygen atoms in total. The van der Waals surface area contributed by atoms with E-state index in [-0.39, 0.29) is 30.3 Å². The third kappa shape index (κ3) is 6.51. The number of rotatable bonds is 11. The van der Waals surface area contributed by atoms with Crippen molar-refractivity contribution in [2.24, 2.45) is 5.92 Å². The van der Waals surface area contributed by atoms with Crippen LogP contribution in [-0.2, 0) is 19.1 Å². The molecular weight excluding hydrogens is 477 g/mol. The normalized spacial score (nSPS) is 21.5. The summed E-state index contributed by atoms with van der Waals surface area (Å²) in [6.45, 7) is 3.21. The highest BCUT2D eigenvalue weighted by Crippen LogP contribution is 2.47. The van der Waals surface area contributed by atoms with Crippen LogP contribution < -0.4 is 0 Å². The number of piperidine rings is 1. The number of carbonyl (C=O) groups is 2. The van der Waals surface area contributed by atoms with Crippen LogP contribution in [0.3, 0.4) is 0 Å². The molecule has 2 aromatic carbocycles. The average molecular weight is 508 g/mol. The summed E-state index contributed by atoms with van der Waals surface area (Å²) in [6, 6.07) is 14.5. The Morgan fingerprint density at radius 2 is 1.85 bits per heavy atom. The lowest BCUT2D eigenvalue weighted by Gasteiger charge is -2.48. The first-order valence-corrected chi connectivity index (χ1v) is 12.2. The molecule has 0 aliphatic carbocycles. The number of benzene rings is 2. The minimum atomic E-state index is -0.988. The third-order valence-corrected chi connectivity index (χ3v) is 6.83. The Bertz CT molecular complexity index is 968. The van der Waals surface area contributed by atoms with E-state index in [0.717, 1.165) is 11.1 Å². The topological polar surface area (TPSA) is 76.1 Å². The fourth-order valence-corrected chi connectivity index (χ4v) is 5.06. The quantitative estimate of drug-likeness (QED) is 0.401. The molecule has 2 aromatic rings. The zero-order valence-corrected chi connectivity index (χ0v) is 21.0. The molecule has 0 aromatic heterocycles. The van der Waals surface area contributed by atoms with Crippen molar-refractivity contribution in [3.05, 3.63) is 69.7 Å². The van der Waals surface area contributed by atoms with E-state index in [2.05, 4.69) is 0 Å². The van der Waals surface area contributed by atoms with E-state index in [9.17, 15) is 14.7 Å². The van der Waals surface area contributed by atoms with Crippen LogP contribution in [0.2, 0.25) is 10.0 Å². The summed E-state index contributed by atoms with van der Waals surface area (Å²) in [5.41, 5.74) is 1.90. The number of ether oxygens (including phenoxy) is 2. The molecule has 1 heterocycles. The smallest absolute Gasteiger partial charge is 0.304 e. The number of hydrogen-bond donors (Lipinski definition) is 1. The monoisotopic (exact) mass is 507 g/mol. The first-order chi connectivity index (χ1) is 16.3. The molecule has 1 aliphatic rings. The number of methoxy groups -OCH3 is 1. The molecule has 0 spiro atoms. The molecule has 184 valence electrons. The van der Waals surface area contributed by atoms with E-state index in [1.807, 2.05) is 54.3 Å². The second kappa shape index (κ2) is 12.5. The van der Waals surface area contributed by atoms with E-state index in [1.54, 1.807) is 13.2 Å². The highest BCUT2D eigenvalue weighted by Gasteiger charge is 2.46. The van der Waals surface area contributed by atoms with Gasteiger partial charge < -0.3 is 19.5 Å². The van der Waals surface area contributed by atoms with Crippen LogP contribution in [0.4, 0.5) is 0 Å². The summed E-state index contributed by atoms with van der Waals surface area (Å²) < 4.78 is 10.9. The predicted molar refractivity (Wildman–Crippen MR) is 132 cm³/mol. The number of likely N-dealkylation sites (tertiary alicyclic amines) is 1. The molecule has 1 N–H and O–H groups in total. The number of aliphatic carboxylic acids is 1. The standard InChI is InChI=1S/C26H31Cl2NO5/c1-3-22(16-34-12-11-33-2)29-25(17-7-9-20(27)10-8-17)23(18-5-4-6-21(28)13-18)14-19(26(29)32)15-24(30)31/h4-10,13,19,22-23,25H,3,11-12,14-16H2,1-2H3,(H,30,31)/t19-,22?,23-,25?/m1/s1. The molecule has 0 bridgehead atoms. The van der Waals surface area contributed by atoms with Crippen molar-refractivity contribution in [1.29, 1.82) is 0 Å². The van der Waals surface area contributed by atoms with Gasteiger partial charge in [0, 0.05) is 29.0 Å². The molecule has 1 aliphatic heterocycles. The van der Waals surface area contributed by atoms with Crippen molar-refractivity contribution in [3.63, 3.8) is 0 Å². The molecule has 0 radical (unpaired) electrons. The highest BCUT2D eigenvalue weighted by molar-refractivity contribution is 6.30. The van der Waals surface area contributed by atoms with Gasteiger partial charge in [-0.05, 0) is 48.2 Å². The number of carboxylic acid groups (broad SMARTS) is 1. The van der Waals surface area contributed by atoms with Crippen LogP contribution in [-0.4, -0.2) is 54.9 Å². The van der Waals surface area contributed by atoms with Crippen LogP contribution in [0.5, 0.6) is 0 Å². The molecule has 8 heteroatoms. The van der Waals surface area contributed by atoms with Gasteiger partial charge in [0.2, 0.25) is 5.91 Å².